The summed E-state index contributed by atoms with van der Waals surface area (Å²) in [6, 6.07) is 13.9. The molecule has 3 amide bonds. The second-order valence-corrected chi connectivity index (χ2v) is 9.83. The normalized spacial score (nSPS) is 16.0. The molecule has 0 radical (unpaired) electrons. The highest BCUT2D eigenvalue weighted by atomic mass is 16.5. The summed E-state index contributed by atoms with van der Waals surface area (Å²) in [6.45, 7) is 2.62. The maximum atomic E-state index is 13.2. The van der Waals surface area contributed by atoms with Gasteiger partial charge >= 0.3 is 18.0 Å². The fraction of sp³-hybridized carbons (Fsp3) is 0.448. The number of carbonyl (C=O) groups is 4. The Labute approximate surface area is 233 Å². The number of nitrogens with one attached hydrogen (secondary N) is 3. The molecule has 0 aliphatic carbocycles. The predicted octanol–water partition coefficient (Wildman–Crippen LogP) is 2.86. The number of benzene rings is 2. The lowest BCUT2D eigenvalue weighted by Gasteiger charge is -2.28. The summed E-state index contributed by atoms with van der Waals surface area (Å²) in [5.74, 6) is -2.41. The van der Waals surface area contributed by atoms with Crippen LogP contribution in [0.3, 0.4) is 0 Å². The van der Waals surface area contributed by atoms with Crippen LogP contribution in [-0.4, -0.2) is 77.3 Å². The molecule has 1 heterocycles. The van der Waals surface area contributed by atoms with Crippen molar-refractivity contribution in [1.82, 2.24) is 20.9 Å². The van der Waals surface area contributed by atoms with Crippen molar-refractivity contribution in [2.75, 3.05) is 26.2 Å². The van der Waals surface area contributed by atoms with E-state index in [0.29, 0.717) is 29.9 Å². The van der Waals surface area contributed by atoms with Crippen LogP contribution >= 0.6 is 0 Å². The number of ether oxygens (including phenoxy) is 1. The second kappa shape index (κ2) is 15.5. The summed E-state index contributed by atoms with van der Waals surface area (Å²) >= 11 is 0. The minimum Gasteiger partial charge on any atom is -0.481 e. The summed E-state index contributed by atoms with van der Waals surface area (Å²) in [7, 11) is 0. The fourth-order valence-electron chi connectivity index (χ4n) is 4.37. The van der Waals surface area contributed by atoms with E-state index in [2.05, 4.69) is 16.0 Å². The quantitative estimate of drug-likeness (QED) is 0.225. The second-order valence-electron chi connectivity index (χ2n) is 9.83. The molecule has 1 saturated heterocycles. The largest absolute Gasteiger partial charge is 0.481 e. The average molecular weight is 555 g/mol. The van der Waals surface area contributed by atoms with Crippen molar-refractivity contribution >= 4 is 23.9 Å². The van der Waals surface area contributed by atoms with Gasteiger partial charge < -0.3 is 35.8 Å². The van der Waals surface area contributed by atoms with Crippen molar-refractivity contribution in [3.63, 3.8) is 0 Å². The van der Waals surface area contributed by atoms with E-state index in [9.17, 15) is 29.4 Å². The van der Waals surface area contributed by atoms with Gasteiger partial charge in [0.2, 0.25) is 5.91 Å². The Balaban J connectivity index is 1.61. The first kappa shape index (κ1) is 30.4. The highest BCUT2D eigenvalue weighted by Crippen LogP contribution is 2.21. The molecule has 0 aromatic heterocycles. The molecule has 1 aliphatic heterocycles. The van der Waals surface area contributed by atoms with Gasteiger partial charge in [0.05, 0.1) is 12.0 Å². The number of para-hydroxylation sites is 1. The van der Waals surface area contributed by atoms with Crippen molar-refractivity contribution in [1.29, 1.82) is 0 Å². The Kier molecular flexibility index (Phi) is 11.8. The van der Waals surface area contributed by atoms with Crippen molar-refractivity contribution in [3.8, 4) is 11.5 Å². The lowest BCUT2D eigenvalue weighted by atomic mass is 10.1. The highest BCUT2D eigenvalue weighted by Gasteiger charge is 2.29. The van der Waals surface area contributed by atoms with Gasteiger partial charge in [-0.2, -0.15) is 0 Å². The van der Waals surface area contributed by atoms with Gasteiger partial charge in [0.1, 0.15) is 17.5 Å². The van der Waals surface area contributed by atoms with Crippen molar-refractivity contribution in [2.24, 2.45) is 5.92 Å². The zero-order valence-corrected chi connectivity index (χ0v) is 22.7. The molecule has 2 aromatic rings. The first-order valence-corrected chi connectivity index (χ1v) is 13.6. The zero-order valence-electron chi connectivity index (χ0n) is 22.7. The third kappa shape index (κ3) is 9.57. The zero-order chi connectivity index (χ0) is 28.9. The molecule has 3 atom stereocenters. The lowest BCUT2D eigenvalue weighted by Crippen LogP contribution is -2.52. The van der Waals surface area contributed by atoms with Gasteiger partial charge in [-0.25, -0.2) is 9.59 Å². The molecular weight excluding hydrogens is 516 g/mol. The highest BCUT2D eigenvalue weighted by molar-refractivity contribution is 5.84. The van der Waals surface area contributed by atoms with Crippen LogP contribution in [0.2, 0.25) is 0 Å². The molecule has 0 unspecified atom stereocenters. The molecule has 2 aromatic carbocycles. The van der Waals surface area contributed by atoms with Gasteiger partial charge in [0.25, 0.3) is 0 Å². The third-order valence-corrected chi connectivity index (χ3v) is 6.70. The third-order valence-electron chi connectivity index (χ3n) is 6.70. The number of carboxylic acid groups (broad SMARTS) is 2. The molecule has 0 spiro atoms. The molecule has 0 bridgehead atoms. The molecule has 5 N–H and O–H groups in total. The fourth-order valence-corrected chi connectivity index (χ4v) is 4.37. The van der Waals surface area contributed by atoms with Crippen molar-refractivity contribution < 1.29 is 34.1 Å². The van der Waals surface area contributed by atoms with Crippen LogP contribution in [0.1, 0.15) is 38.2 Å². The summed E-state index contributed by atoms with van der Waals surface area (Å²) in [5, 5.41) is 27.8. The summed E-state index contributed by atoms with van der Waals surface area (Å²) in [6.07, 6.45) is 2.96. The molecule has 11 nitrogen and oxygen atoms in total. The SMILES string of the molecule is CCCCN(C[C@@H](CNC(=O)[C@@H]1CCCN1)C(=O)O)C(=O)N[C@@H](Cc1ccc(Oc2ccccc2)cc1)C(=O)O. The number of rotatable bonds is 15. The molecule has 216 valence electrons. The standard InChI is InChI=1S/C29H38N4O7/c1-2-3-16-33(19-21(27(35)36)18-31-26(34)24-10-7-15-30-24)29(39)32-25(28(37)38)17-20-11-13-23(14-12-20)40-22-8-5-4-6-9-22/h4-6,8-9,11-14,21,24-25,30H,2-3,7,10,15-19H2,1H3,(H,31,34)(H,32,39)(H,35,36)(H,37,38)/t21-,24+,25+/m1/s1. The van der Waals surface area contributed by atoms with E-state index in [1.54, 1.807) is 24.3 Å². The Morgan fingerprint density at radius 3 is 2.33 bits per heavy atom. The van der Waals surface area contributed by atoms with Gasteiger partial charge in [-0.05, 0) is 55.6 Å². The summed E-state index contributed by atoms with van der Waals surface area (Å²) in [5.41, 5.74) is 0.680. The number of nitrogens with zero attached hydrogens (tertiary/aromatic N) is 1. The average Bonchev–Trinajstić information content (AvgIpc) is 3.49. The maximum Gasteiger partial charge on any atom is 0.326 e. The summed E-state index contributed by atoms with van der Waals surface area (Å²) < 4.78 is 5.77. The first-order chi connectivity index (χ1) is 19.3. The topological polar surface area (TPSA) is 157 Å². The first-order valence-electron chi connectivity index (χ1n) is 13.6. The lowest BCUT2D eigenvalue weighted by molar-refractivity contribution is -0.142. The Morgan fingerprint density at radius 2 is 1.73 bits per heavy atom. The van der Waals surface area contributed by atoms with Crippen molar-refractivity contribution in [3.05, 3.63) is 60.2 Å². The number of urea groups is 1. The van der Waals surface area contributed by atoms with Crippen molar-refractivity contribution in [2.45, 2.75) is 51.1 Å². The number of hydrogen-bond donors (Lipinski definition) is 5. The van der Waals surface area contributed by atoms with Gasteiger partial charge in [-0.1, -0.05) is 43.7 Å². The Morgan fingerprint density at radius 1 is 1.02 bits per heavy atom. The van der Waals surface area contributed by atoms with E-state index in [-0.39, 0.29) is 38.0 Å². The number of amides is 3. The van der Waals surface area contributed by atoms with E-state index < -0.39 is 29.9 Å². The van der Waals surface area contributed by atoms with E-state index in [1.165, 1.54) is 4.90 Å². The Hall–Kier alpha value is -4.12. The number of carbonyl (C=O) groups excluding carboxylic acids is 2. The smallest absolute Gasteiger partial charge is 0.326 e. The number of aliphatic carboxylic acids is 2. The number of unbranched alkanes of at least 4 members (excludes halogenated alkanes) is 1. The number of hydrogen-bond acceptors (Lipinski definition) is 6. The van der Waals surface area contributed by atoms with Crippen LogP contribution in [0, 0.1) is 5.92 Å². The van der Waals surface area contributed by atoms with E-state index in [4.69, 9.17) is 4.74 Å². The molecule has 11 heteroatoms. The van der Waals surface area contributed by atoms with Crippen LogP contribution in [0.5, 0.6) is 11.5 Å². The molecular formula is C29H38N4O7. The number of carboxylic acids is 2. The van der Waals surface area contributed by atoms with Gasteiger partial charge in [0, 0.05) is 26.1 Å². The molecule has 3 rings (SSSR count). The predicted molar refractivity (Wildman–Crippen MR) is 148 cm³/mol. The molecule has 40 heavy (non-hydrogen) atoms. The van der Waals surface area contributed by atoms with E-state index >= 15 is 0 Å². The minimum absolute atomic E-state index is 0.0289. The van der Waals surface area contributed by atoms with Gasteiger partial charge in [-0.15, -0.1) is 0 Å². The van der Waals surface area contributed by atoms with Crippen LogP contribution in [0.15, 0.2) is 54.6 Å². The summed E-state index contributed by atoms with van der Waals surface area (Å²) in [4.78, 5) is 50.8. The van der Waals surface area contributed by atoms with Crippen LogP contribution in [0.25, 0.3) is 0 Å². The maximum absolute atomic E-state index is 13.2. The van der Waals surface area contributed by atoms with Crippen LogP contribution < -0.4 is 20.7 Å². The van der Waals surface area contributed by atoms with E-state index in [1.807, 2.05) is 37.3 Å². The molecule has 1 fully saturated rings. The van der Waals surface area contributed by atoms with Gasteiger partial charge in [0.15, 0.2) is 0 Å². The monoisotopic (exact) mass is 554 g/mol. The van der Waals surface area contributed by atoms with E-state index in [0.717, 1.165) is 19.4 Å². The molecule has 0 saturated carbocycles. The Bertz CT molecular complexity index is 1120. The van der Waals surface area contributed by atoms with Gasteiger partial charge in [-0.3, -0.25) is 9.59 Å². The molecule has 1 aliphatic rings. The minimum atomic E-state index is -1.23. The van der Waals surface area contributed by atoms with Crippen LogP contribution in [0.4, 0.5) is 4.79 Å². The van der Waals surface area contributed by atoms with Crippen LogP contribution in [-0.2, 0) is 20.8 Å².